The van der Waals surface area contributed by atoms with E-state index >= 15 is 0 Å². The molecule has 0 saturated carbocycles. The summed E-state index contributed by atoms with van der Waals surface area (Å²) < 4.78 is 0. The summed E-state index contributed by atoms with van der Waals surface area (Å²) in [5.41, 5.74) is 3.05. The summed E-state index contributed by atoms with van der Waals surface area (Å²) in [7, 11) is 2.16. The lowest BCUT2D eigenvalue weighted by Crippen LogP contribution is -2.50. The minimum atomic E-state index is -0.252. The predicted octanol–water partition coefficient (Wildman–Crippen LogP) is 6.84. The molecule has 2 heterocycles. The van der Waals surface area contributed by atoms with Crippen LogP contribution in [0.25, 0.3) is 0 Å². The Balaban J connectivity index is 1.65. The highest BCUT2D eigenvalue weighted by molar-refractivity contribution is 6.42. The van der Waals surface area contributed by atoms with Crippen molar-refractivity contribution in [3.8, 4) is 0 Å². The maximum Gasteiger partial charge on any atom is 0.228 e. The van der Waals surface area contributed by atoms with Gasteiger partial charge in [-0.1, -0.05) is 65.7 Å². The smallest absolute Gasteiger partial charge is 0.228 e. The molecule has 4 nitrogen and oxygen atoms in total. The number of nitrogens with zero attached hydrogens (tertiary/aromatic N) is 3. The van der Waals surface area contributed by atoms with E-state index in [4.69, 9.17) is 23.2 Å². The molecule has 34 heavy (non-hydrogen) atoms. The van der Waals surface area contributed by atoms with Gasteiger partial charge in [0.15, 0.2) is 0 Å². The van der Waals surface area contributed by atoms with Gasteiger partial charge in [-0.3, -0.25) is 14.6 Å². The van der Waals surface area contributed by atoms with E-state index in [0.717, 1.165) is 30.6 Å². The first-order chi connectivity index (χ1) is 16.3. The van der Waals surface area contributed by atoms with E-state index < -0.39 is 0 Å². The number of aryl methyl sites for hydroxylation is 1. The second-order valence-corrected chi connectivity index (χ2v) is 10.2. The number of amides is 1. The Morgan fingerprint density at radius 3 is 2.53 bits per heavy atom. The fourth-order valence-corrected chi connectivity index (χ4v) is 5.12. The zero-order chi connectivity index (χ0) is 24.3. The number of carbonyl (C=O) groups is 1. The van der Waals surface area contributed by atoms with E-state index in [1.807, 2.05) is 48.2 Å². The van der Waals surface area contributed by atoms with Crippen LogP contribution in [-0.4, -0.2) is 35.9 Å². The van der Waals surface area contributed by atoms with E-state index in [0.29, 0.717) is 28.8 Å². The van der Waals surface area contributed by atoms with Crippen LogP contribution in [0.3, 0.4) is 0 Å². The fourth-order valence-electron chi connectivity index (χ4n) is 4.82. The number of benzene rings is 2. The number of carbonyl (C=O) groups excluding carboxylic acids is 1. The van der Waals surface area contributed by atoms with Crippen LogP contribution in [-0.2, 0) is 10.2 Å². The number of hydrogen-bond donors (Lipinski definition) is 0. The van der Waals surface area contributed by atoms with Crippen molar-refractivity contribution in [2.24, 2.45) is 0 Å². The fraction of sp³-hybridized carbons (Fsp3) is 0.357. The summed E-state index contributed by atoms with van der Waals surface area (Å²) in [6.45, 7) is 5.62. The topological polar surface area (TPSA) is 36.4 Å². The monoisotopic (exact) mass is 495 g/mol. The molecule has 0 radical (unpaired) electrons. The summed E-state index contributed by atoms with van der Waals surface area (Å²) in [6, 6.07) is 22.5. The SMILES string of the molecule is Cc1cccc(N2CC(CCN(C)C(C)c3ccccc3)(c3ccc(Cl)c(Cl)c3)CCC2=O)n1. The molecule has 178 valence electrons. The normalized spacial score (nSPS) is 19.5. The Morgan fingerprint density at radius 1 is 1.06 bits per heavy atom. The number of hydrogen-bond acceptors (Lipinski definition) is 3. The van der Waals surface area contributed by atoms with E-state index in [-0.39, 0.29) is 17.4 Å². The van der Waals surface area contributed by atoms with Gasteiger partial charge >= 0.3 is 0 Å². The summed E-state index contributed by atoms with van der Waals surface area (Å²) in [4.78, 5) is 21.9. The van der Waals surface area contributed by atoms with Crippen LogP contribution in [0.5, 0.6) is 0 Å². The Kier molecular flexibility index (Phi) is 7.61. The van der Waals surface area contributed by atoms with Crippen LogP contribution in [0.4, 0.5) is 5.82 Å². The molecule has 0 aliphatic carbocycles. The van der Waals surface area contributed by atoms with Gasteiger partial charge < -0.3 is 0 Å². The van der Waals surface area contributed by atoms with Crippen molar-refractivity contribution in [3.63, 3.8) is 0 Å². The van der Waals surface area contributed by atoms with E-state index in [1.165, 1.54) is 5.56 Å². The lowest BCUT2D eigenvalue weighted by molar-refractivity contribution is -0.120. The van der Waals surface area contributed by atoms with Crippen molar-refractivity contribution < 1.29 is 4.79 Å². The first kappa shape index (κ1) is 24.7. The third-order valence-electron chi connectivity index (χ3n) is 7.15. The quantitative estimate of drug-likeness (QED) is 0.359. The van der Waals surface area contributed by atoms with Gasteiger partial charge in [0.25, 0.3) is 0 Å². The summed E-state index contributed by atoms with van der Waals surface area (Å²) in [5, 5.41) is 1.08. The average Bonchev–Trinajstić information content (AvgIpc) is 2.85. The Bertz CT molecular complexity index is 1150. The van der Waals surface area contributed by atoms with Gasteiger partial charge in [-0.25, -0.2) is 4.98 Å². The van der Waals surface area contributed by atoms with Crippen LogP contribution >= 0.6 is 23.2 Å². The highest BCUT2D eigenvalue weighted by Crippen LogP contribution is 2.41. The molecular formula is C28H31Cl2N3O. The summed E-state index contributed by atoms with van der Waals surface area (Å²) in [6.07, 6.45) is 2.11. The minimum absolute atomic E-state index is 0.111. The molecule has 2 aromatic carbocycles. The molecule has 0 spiro atoms. The molecule has 1 amide bonds. The van der Waals surface area contributed by atoms with Gasteiger partial charge in [-0.05, 0) is 75.7 Å². The second kappa shape index (κ2) is 10.5. The lowest BCUT2D eigenvalue weighted by atomic mass is 9.71. The molecule has 0 N–H and O–H groups in total. The van der Waals surface area contributed by atoms with Gasteiger partial charge in [0.05, 0.1) is 10.0 Å². The maximum atomic E-state index is 13.0. The van der Waals surface area contributed by atoms with Crippen LogP contribution in [0.1, 0.15) is 49.0 Å². The van der Waals surface area contributed by atoms with Gasteiger partial charge in [-0.15, -0.1) is 0 Å². The first-order valence-corrected chi connectivity index (χ1v) is 12.5. The molecule has 4 rings (SSSR count). The minimum Gasteiger partial charge on any atom is -0.300 e. The predicted molar refractivity (Wildman–Crippen MR) is 141 cm³/mol. The van der Waals surface area contributed by atoms with Crippen LogP contribution < -0.4 is 4.90 Å². The third-order valence-corrected chi connectivity index (χ3v) is 7.89. The number of pyridine rings is 1. The Morgan fingerprint density at radius 2 is 1.82 bits per heavy atom. The first-order valence-electron chi connectivity index (χ1n) is 11.7. The highest BCUT2D eigenvalue weighted by Gasteiger charge is 2.41. The van der Waals surface area contributed by atoms with Gasteiger partial charge in [0.1, 0.15) is 5.82 Å². The standard InChI is InChI=1S/C28H31Cl2N3O/c1-20-8-7-11-26(31-20)33-19-28(15-14-27(33)34,23-12-13-24(29)25(30)18-23)16-17-32(3)21(2)22-9-5-4-6-10-22/h4-13,18,21H,14-17,19H2,1-3H3. The molecule has 0 bridgehead atoms. The van der Waals surface area contributed by atoms with Gasteiger partial charge in [0.2, 0.25) is 5.91 Å². The third kappa shape index (κ3) is 5.30. The number of halogens is 2. The largest absolute Gasteiger partial charge is 0.300 e. The van der Waals surface area contributed by atoms with Crippen molar-refractivity contribution >= 4 is 34.9 Å². The highest BCUT2D eigenvalue weighted by atomic mass is 35.5. The molecule has 3 aromatic rings. The van der Waals surface area contributed by atoms with Gasteiger partial charge in [-0.2, -0.15) is 0 Å². The molecule has 1 fully saturated rings. The second-order valence-electron chi connectivity index (χ2n) is 9.34. The zero-order valence-electron chi connectivity index (χ0n) is 20.0. The van der Waals surface area contributed by atoms with Crippen LogP contribution in [0.15, 0.2) is 66.7 Å². The average molecular weight is 496 g/mol. The molecular weight excluding hydrogens is 465 g/mol. The number of piperidine rings is 1. The van der Waals surface area contributed by atoms with Crippen LogP contribution in [0, 0.1) is 6.92 Å². The molecule has 2 atom stereocenters. The van der Waals surface area contributed by atoms with E-state index in [2.05, 4.69) is 54.2 Å². The van der Waals surface area contributed by atoms with E-state index in [9.17, 15) is 4.79 Å². The summed E-state index contributed by atoms with van der Waals surface area (Å²) in [5.74, 6) is 0.819. The van der Waals surface area contributed by atoms with E-state index in [1.54, 1.807) is 0 Å². The summed E-state index contributed by atoms with van der Waals surface area (Å²) >= 11 is 12.7. The molecule has 6 heteroatoms. The van der Waals surface area contributed by atoms with Crippen molar-refractivity contribution in [1.82, 2.24) is 9.88 Å². The number of rotatable bonds is 7. The van der Waals surface area contributed by atoms with Gasteiger partial charge in [0, 0.05) is 30.1 Å². The van der Waals surface area contributed by atoms with Crippen molar-refractivity contribution in [2.45, 2.75) is 44.6 Å². The number of anilines is 1. The van der Waals surface area contributed by atoms with Crippen molar-refractivity contribution in [2.75, 3.05) is 25.0 Å². The van der Waals surface area contributed by atoms with Crippen LogP contribution in [0.2, 0.25) is 10.0 Å². The molecule has 1 saturated heterocycles. The Labute approximate surface area is 212 Å². The molecule has 2 unspecified atom stereocenters. The van der Waals surface area contributed by atoms with Crippen molar-refractivity contribution in [1.29, 1.82) is 0 Å². The molecule has 1 aromatic heterocycles. The maximum absolute atomic E-state index is 13.0. The zero-order valence-corrected chi connectivity index (χ0v) is 21.5. The Hall–Kier alpha value is -2.40. The van der Waals surface area contributed by atoms with Crippen molar-refractivity contribution in [3.05, 3.63) is 93.6 Å². The molecule has 1 aliphatic rings. The molecule has 1 aliphatic heterocycles. The lowest BCUT2D eigenvalue weighted by Gasteiger charge is -2.44. The number of aromatic nitrogens is 1.